The molecule has 2 aromatic heterocycles. The first-order chi connectivity index (χ1) is 12.8. The summed E-state index contributed by atoms with van der Waals surface area (Å²) in [6, 6.07) is 9.91. The van der Waals surface area contributed by atoms with Crippen LogP contribution < -0.4 is 10.1 Å². The maximum atomic E-state index is 12.1. The first-order valence-corrected chi connectivity index (χ1v) is 9.54. The molecule has 3 aromatic rings. The van der Waals surface area contributed by atoms with Gasteiger partial charge in [-0.1, -0.05) is 23.4 Å². The third-order valence-corrected chi connectivity index (χ3v) is 5.22. The first-order valence-electron chi connectivity index (χ1n) is 8.66. The van der Waals surface area contributed by atoms with Crippen LogP contribution in [-0.2, 0) is 24.2 Å². The monoisotopic (exact) mass is 369 g/mol. The number of nitrogens with one attached hydrogen (secondary N) is 1. The summed E-state index contributed by atoms with van der Waals surface area (Å²) in [5.74, 6) is 1.51. The molecule has 0 bridgehead atoms. The molecule has 1 aromatic carbocycles. The van der Waals surface area contributed by atoms with Gasteiger partial charge in [-0.15, -0.1) is 11.3 Å². The van der Waals surface area contributed by atoms with Crippen LogP contribution in [0.2, 0.25) is 0 Å². The minimum Gasteiger partial charge on any atom is -0.483 e. The number of nitrogens with zero attached hydrogens (tertiary/aromatic N) is 2. The second kappa shape index (κ2) is 7.70. The lowest BCUT2D eigenvalue weighted by Gasteiger charge is -2.19. The highest BCUT2D eigenvalue weighted by Crippen LogP contribution is 2.29. The smallest absolute Gasteiger partial charge is 0.258 e. The highest BCUT2D eigenvalue weighted by molar-refractivity contribution is 7.13. The van der Waals surface area contributed by atoms with Crippen LogP contribution in [0.15, 0.2) is 40.2 Å². The molecule has 1 amide bonds. The molecule has 0 atom stereocenters. The topological polar surface area (TPSA) is 77.2 Å². The third-order valence-electron chi connectivity index (χ3n) is 4.36. The van der Waals surface area contributed by atoms with Crippen LogP contribution in [-0.4, -0.2) is 22.7 Å². The van der Waals surface area contributed by atoms with Crippen molar-refractivity contribution in [2.45, 2.75) is 32.2 Å². The highest BCUT2D eigenvalue weighted by atomic mass is 32.1. The van der Waals surface area contributed by atoms with Crippen molar-refractivity contribution < 1.29 is 14.1 Å². The van der Waals surface area contributed by atoms with Crippen molar-refractivity contribution in [2.75, 3.05) is 6.61 Å². The third kappa shape index (κ3) is 3.77. The number of aryl methyl sites for hydroxylation is 1. The number of thiophene rings is 1. The molecule has 6 nitrogen and oxygen atoms in total. The van der Waals surface area contributed by atoms with Crippen LogP contribution in [0.3, 0.4) is 0 Å². The Kier molecular flexibility index (Phi) is 4.97. The number of rotatable bonds is 6. The Labute approximate surface area is 155 Å². The van der Waals surface area contributed by atoms with Gasteiger partial charge in [0.1, 0.15) is 5.75 Å². The molecule has 0 aliphatic heterocycles. The van der Waals surface area contributed by atoms with E-state index in [9.17, 15) is 4.79 Å². The molecule has 26 heavy (non-hydrogen) atoms. The minimum atomic E-state index is -0.214. The molecule has 1 aliphatic rings. The Morgan fingerprint density at radius 3 is 3.04 bits per heavy atom. The average molecular weight is 369 g/mol. The van der Waals surface area contributed by atoms with Gasteiger partial charge in [-0.25, -0.2) is 0 Å². The van der Waals surface area contributed by atoms with Crippen molar-refractivity contribution in [3.8, 4) is 16.5 Å². The molecule has 0 unspecified atom stereocenters. The van der Waals surface area contributed by atoms with Crippen molar-refractivity contribution in [2.24, 2.45) is 0 Å². The molecular formula is C19H19N3O3S. The van der Waals surface area contributed by atoms with E-state index < -0.39 is 0 Å². The summed E-state index contributed by atoms with van der Waals surface area (Å²) in [5, 5.41) is 8.62. The van der Waals surface area contributed by atoms with E-state index in [-0.39, 0.29) is 19.1 Å². The lowest BCUT2D eigenvalue weighted by molar-refractivity contribution is -0.123. The van der Waals surface area contributed by atoms with Crippen LogP contribution in [0, 0.1) is 0 Å². The first kappa shape index (κ1) is 16.8. The van der Waals surface area contributed by atoms with Gasteiger partial charge < -0.3 is 14.6 Å². The van der Waals surface area contributed by atoms with E-state index in [0.29, 0.717) is 11.7 Å². The standard InChI is InChI=1S/C19H19N3O3S/c23-17(12-24-15-8-3-6-13-5-1-2-7-14(13)15)20-11-18-21-19(22-25-18)16-9-4-10-26-16/h3-4,6,8-10H,1-2,5,7,11-12H2,(H,20,23). The molecular weight excluding hydrogens is 350 g/mol. The Balaban J connectivity index is 1.30. The summed E-state index contributed by atoms with van der Waals surface area (Å²) in [6.45, 7) is 0.163. The van der Waals surface area contributed by atoms with E-state index in [1.54, 1.807) is 0 Å². The van der Waals surface area contributed by atoms with Crippen LogP contribution in [0.25, 0.3) is 10.7 Å². The number of carbonyl (C=O) groups excluding carboxylic acids is 1. The molecule has 0 saturated heterocycles. The second-order valence-corrected chi connectivity index (χ2v) is 7.10. The zero-order valence-electron chi connectivity index (χ0n) is 14.2. The van der Waals surface area contributed by atoms with E-state index in [4.69, 9.17) is 9.26 Å². The number of carbonyl (C=O) groups is 1. The fourth-order valence-corrected chi connectivity index (χ4v) is 3.73. The molecule has 4 rings (SSSR count). The summed E-state index contributed by atoms with van der Waals surface area (Å²) >= 11 is 1.54. The fraction of sp³-hybridized carbons (Fsp3) is 0.316. The summed E-state index contributed by atoms with van der Waals surface area (Å²) in [7, 11) is 0. The van der Waals surface area contributed by atoms with Gasteiger partial charge in [0.2, 0.25) is 11.7 Å². The number of hydrogen-bond acceptors (Lipinski definition) is 6. The van der Waals surface area contributed by atoms with Crippen LogP contribution >= 0.6 is 11.3 Å². The molecule has 1 aliphatic carbocycles. The zero-order valence-corrected chi connectivity index (χ0v) is 15.1. The molecule has 0 spiro atoms. The lowest BCUT2D eigenvalue weighted by Crippen LogP contribution is -2.28. The number of amides is 1. The van der Waals surface area contributed by atoms with Gasteiger partial charge in [0.05, 0.1) is 11.4 Å². The molecule has 0 saturated carbocycles. The normalized spacial score (nSPS) is 13.2. The van der Waals surface area contributed by atoms with E-state index in [1.807, 2.05) is 29.6 Å². The molecule has 2 heterocycles. The van der Waals surface area contributed by atoms with Gasteiger partial charge in [0.15, 0.2) is 6.61 Å². The van der Waals surface area contributed by atoms with E-state index in [2.05, 4.69) is 21.5 Å². The summed E-state index contributed by atoms with van der Waals surface area (Å²) in [5.41, 5.74) is 2.57. The molecule has 0 radical (unpaired) electrons. The predicted molar refractivity (Wildman–Crippen MR) is 98.0 cm³/mol. The Morgan fingerprint density at radius 2 is 2.15 bits per heavy atom. The number of fused-ring (bicyclic) bond motifs is 1. The molecule has 7 heteroatoms. The predicted octanol–water partition coefficient (Wildman–Crippen LogP) is 3.37. The second-order valence-electron chi connectivity index (χ2n) is 6.16. The highest BCUT2D eigenvalue weighted by Gasteiger charge is 2.15. The number of benzene rings is 1. The van der Waals surface area contributed by atoms with E-state index in [1.165, 1.54) is 35.3 Å². The Hall–Kier alpha value is -2.67. The zero-order chi connectivity index (χ0) is 17.8. The van der Waals surface area contributed by atoms with Gasteiger partial charge in [-0.2, -0.15) is 4.98 Å². The molecule has 0 fully saturated rings. The maximum Gasteiger partial charge on any atom is 0.258 e. The van der Waals surface area contributed by atoms with Gasteiger partial charge in [0.25, 0.3) is 5.91 Å². The fourth-order valence-electron chi connectivity index (χ4n) is 3.08. The number of hydrogen-bond donors (Lipinski definition) is 1. The van der Waals surface area contributed by atoms with Gasteiger partial charge in [-0.3, -0.25) is 4.79 Å². The van der Waals surface area contributed by atoms with E-state index in [0.717, 1.165) is 23.5 Å². The molecule has 134 valence electrons. The van der Waals surface area contributed by atoms with E-state index >= 15 is 0 Å². The summed E-state index contributed by atoms with van der Waals surface area (Å²) < 4.78 is 10.9. The van der Waals surface area contributed by atoms with Crippen LogP contribution in [0.1, 0.15) is 29.9 Å². The SMILES string of the molecule is O=C(COc1cccc2c1CCCC2)NCc1nc(-c2cccs2)no1. The Bertz CT molecular complexity index is 889. The Morgan fingerprint density at radius 1 is 1.23 bits per heavy atom. The lowest BCUT2D eigenvalue weighted by atomic mass is 9.91. The van der Waals surface area contributed by atoms with Crippen LogP contribution in [0.5, 0.6) is 5.75 Å². The van der Waals surface area contributed by atoms with Gasteiger partial charge in [0, 0.05) is 0 Å². The van der Waals surface area contributed by atoms with Crippen molar-refractivity contribution in [3.63, 3.8) is 0 Å². The van der Waals surface area contributed by atoms with Crippen molar-refractivity contribution >= 4 is 17.2 Å². The van der Waals surface area contributed by atoms with Gasteiger partial charge >= 0.3 is 0 Å². The van der Waals surface area contributed by atoms with Crippen molar-refractivity contribution in [1.29, 1.82) is 0 Å². The average Bonchev–Trinajstić information content (AvgIpc) is 3.36. The van der Waals surface area contributed by atoms with Crippen molar-refractivity contribution in [3.05, 3.63) is 52.7 Å². The van der Waals surface area contributed by atoms with Crippen molar-refractivity contribution in [1.82, 2.24) is 15.5 Å². The van der Waals surface area contributed by atoms with Gasteiger partial charge in [-0.05, 0) is 54.3 Å². The minimum absolute atomic E-state index is 0.0254. The maximum absolute atomic E-state index is 12.1. The molecule has 1 N–H and O–H groups in total. The number of ether oxygens (including phenoxy) is 1. The number of aromatic nitrogens is 2. The summed E-state index contributed by atoms with van der Waals surface area (Å²) in [4.78, 5) is 17.3. The largest absolute Gasteiger partial charge is 0.483 e. The summed E-state index contributed by atoms with van der Waals surface area (Å²) in [6.07, 6.45) is 4.49. The quantitative estimate of drug-likeness (QED) is 0.721. The van der Waals surface area contributed by atoms with Crippen LogP contribution in [0.4, 0.5) is 0 Å².